The van der Waals surface area contributed by atoms with Crippen molar-refractivity contribution in [3.8, 4) is 6.07 Å². The molecule has 1 saturated carbocycles. The zero-order valence-corrected chi connectivity index (χ0v) is 10.2. The summed E-state index contributed by atoms with van der Waals surface area (Å²) in [6.45, 7) is 3.19. The Morgan fingerprint density at radius 3 is 2.60 bits per heavy atom. The minimum Gasteiger partial charge on any atom is -0.303 e. The van der Waals surface area contributed by atoms with Gasteiger partial charge < -0.3 is 10.2 Å². The number of nitrogens with one attached hydrogen (secondary N) is 1. The third-order valence-corrected chi connectivity index (χ3v) is 3.58. The highest BCUT2D eigenvalue weighted by molar-refractivity contribution is 5.05. The molecule has 1 aliphatic carbocycles. The molecule has 0 aromatic carbocycles. The summed E-state index contributed by atoms with van der Waals surface area (Å²) >= 11 is 0. The van der Waals surface area contributed by atoms with Crippen molar-refractivity contribution in [2.75, 3.05) is 20.6 Å². The lowest BCUT2D eigenvalue weighted by Crippen LogP contribution is -2.41. The highest BCUT2D eigenvalue weighted by Gasteiger charge is 2.28. The van der Waals surface area contributed by atoms with E-state index in [1.54, 1.807) is 0 Å². The molecule has 86 valence electrons. The molecule has 3 heteroatoms. The van der Waals surface area contributed by atoms with Gasteiger partial charge in [-0.3, -0.25) is 0 Å². The second-order valence-corrected chi connectivity index (χ2v) is 4.61. The number of nitrogens with zero attached hydrogens (tertiary/aromatic N) is 2. The third kappa shape index (κ3) is 3.48. The van der Waals surface area contributed by atoms with Gasteiger partial charge in [0.15, 0.2) is 0 Å². The van der Waals surface area contributed by atoms with Crippen LogP contribution in [0.2, 0.25) is 0 Å². The van der Waals surface area contributed by atoms with Gasteiger partial charge in [0.1, 0.15) is 5.54 Å². The van der Waals surface area contributed by atoms with Crippen molar-refractivity contribution in [3.63, 3.8) is 0 Å². The molecule has 1 aliphatic rings. The quantitative estimate of drug-likeness (QED) is 0.694. The lowest BCUT2D eigenvalue weighted by Gasteiger charge is -2.25. The normalized spacial score (nSPS) is 19.9. The van der Waals surface area contributed by atoms with Gasteiger partial charge in [-0.2, -0.15) is 5.26 Å². The van der Waals surface area contributed by atoms with E-state index in [1.165, 1.54) is 12.8 Å². The molecule has 1 fully saturated rings. The van der Waals surface area contributed by atoms with Crippen molar-refractivity contribution in [3.05, 3.63) is 0 Å². The summed E-state index contributed by atoms with van der Waals surface area (Å²) < 4.78 is 0. The Hall–Kier alpha value is -0.590. The van der Waals surface area contributed by atoms with Gasteiger partial charge in [0.2, 0.25) is 0 Å². The lowest BCUT2D eigenvalue weighted by molar-refractivity contribution is 0.292. The predicted molar refractivity (Wildman–Crippen MR) is 62.6 cm³/mol. The van der Waals surface area contributed by atoms with E-state index in [0.29, 0.717) is 0 Å². The molecular weight excluding hydrogens is 186 g/mol. The van der Waals surface area contributed by atoms with Crippen LogP contribution in [0.25, 0.3) is 0 Å². The van der Waals surface area contributed by atoms with E-state index in [-0.39, 0.29) is 5.54 Å². The number of hydrogen-bond donors (Lipinski definition) is 1. The second kappa shape index (κ2) is 5.48. The van der Waals surface area contributed by atoms with Gasteiger partial charge in [-0.1, -0.05) is 6.92 Å². The molecule has 0 radical (unpaired) electrons. The average Bonchev–Trinajstić information content (AvgIpc) is 3.08. The number of hydrogen-bond acceptors (Lipinski definition) is 3. The Labute approximate surface area is 93.5 Å². The Kier molecular flexibility index (Phi) is 4.56. The van der Waals surface area contributed by atoms with Crippen molar-refractivity contribution in [2.24, 2.45) is 0 Å². The first-order valence-electron chi connectivity index (χ1n) is 5.98. The van der Waals surface area contributed by atoms with Crippen LogP contribution in [0, 0.1) is 11.3 Å². The highest BCUT2D eigenvalue weighted by Crippen LogP contribution is 2.26. The maximum Gasteiger partial charge on any atom is 0.106 e. The summed E-state index contributed by atoms with van der Waals surface area (Å²) in [6, 6.07) is 3.24. The van der Waals surface area contributed by atoms with Crippen LogP contribution in [-0.2, 0) is 0 Å². The van der Waals surface area contributed by atoms with Crippen molar-refractivity contribution in [1.82, 2.24) is 10.2 Å². The average molecular weight is 209 g/mol. The summed E-state index contributed by atoms with van der Waals surface area (Å²) in [4.78, 5) is 2.42. The molecule has 0 saturated heterocycles. The largest absolute Gasteiger partial charge is 0.303 e. The molecule has 0 amide bonds. The fourth-order valence-electron chi connectivity index (χ4n) is 2.00. The first-order chi connectivity index (χ1) is 7.17. The molecule has 1 atom stereocenters. The van der Waals surface area contributed by atoms with Crippen LogP contribution >= 0.6 is 0 Å². The Morgan fingerprint density at radius 2 is 2.20 bits per heavy atom. The maximum atomic E-state index is 9.14. The van der Waals surface area contributed by atoms with Crippen molar-refractivity contribution < 1.29 is 0 Å². The topological polar surface area (TPSA) is 39.1 Å². The molecule has 0 aromatic rings. The molecule has 0 bridgehead atoms. The van der Waals surface area contributed by atoms with Gasteiger partial charge >= 0.3 is 0 Å². The van der Waals surface area contributed by atoms with Crippen molar-refractivity contribution in [1.29, 1.82) is 5.26 Å². The van der Waals surface area contributed by atoms with E-state index in [2.05, 4.69) is 30.3 Å². The van der Waals surface area contributed by atoms with Crippen LogP contribution in [0.4, 0.5) is 0 Å². The molecule has 0 aliphatic heterocycles. The van der Waals surface area contributed by atoms with Gasteiger partial charge in [-0.25, -0.2) is 0 Å². The minimum absolute atomic E-state index is 0.301. The van der Waals surface area contributed by atoms with Gasteiger partial charge in [-0.15, -0.1) is 0 Å². The summed E-state index contributed by atoms with van der Waals surface area (Å²) in [6.07, 6.45) is 5.66. The van der Waals surface area contributed by atoms with Gasteiger partial charge in [0.05, 0.1) is 6.07 Å². The smallest absolute Gasteiger partial charge is 0.106 e. The molecule has 0 aromatic heterocycles. The molecule has 1 N–H and O–H groups in total. The van der Waals surface area contributed by atoms with Gasteiger partial charge in [-0.05, 0) is 52.7 Å². The number of rotatable bonds is 7. The lowest BCUT2D eigenvalue weighted by atomic mass is 9.92. The van der Waals surface area contributed by atoms with Crippen molar-refractivity contribution in [2.45, 2.75) is 50.6 Å². The summed E-state index contributed by atoms with van der Waals surface area (Å²) in [5.74, 6) is 0. The Bertz CT molecular complexity index is 224. The van der Waals surface area contributed by atoms with E-state index < -0.39 is 0 Å². The van der Waals surface area contributed by atoms with Crippen LogP contribution in [0.3, 0.4) is 0 Å². The zero-order valence-electron chi connectivity index (χ0n) is 10.2. The SMILES string of the molecule is CCC(C#N)(CCCN(C)C1CC1)NC. The van der Waals surface area contributed by atoms with Crippen LogP contribution in [-0.4, -0.2) is 37.1 Å². The van der Waals surface area contributed by atoms with E-state index in [9.17, 15) is 0 Å². The van der Waals surface area contributed by atoms with Crippen molar-refractivity contribution >= 4 is 0 Å². The molecule has 0 spiro atoms. The van der Waals surface area contributed by atoms with E-state index in [0.717, 1.165) is 31.8 Å². The Morgan fingerprint density at radius 1 is 1.53 bits per heavy atom. The fraction of sp³-hybridized carbons (Fsp3) is 0.917. The summed E-state index contributed by atoms with van der Waals surface area (Å²) in [5, 5.41) is 12.3. The molecule has 1 rings (SSSR count). The van der Waals surface area contributed by atoms with E-state index in [1.807, 2.05) is 7.05 Å². The number of nitriles is 1. The summed E-state index contributed by atoms with van der Waals surface area (Å²) in [7, 11) is 4.08. The molecule has 0 heterocycles. The fourth-order valence-corrected chi connectivity index (χ4v) is 2.00. The molecule has 3 nitrogen and oxygen atoms in total. The van der Waals surface area contributed by atoms with Crippen LogP contribution in [0.5, 0.6) is 0 Å². The third-order valence-electron chi connectivity index (χ3n) is 3.58. The van der Waals surface area contributed by atoms with Crippen LogP contribution in [0.15, 0.2) is 0 Å². The molecule has 15 heavy (non-hydrogen) atoms. The van der Waals surface area contributed by atoms with E-state index in [4.69, 9.17) is 5.26 Å². The van der Waals surface area contributed by atoms with Crippen LogP contribution < -0.4 is 5.32 Å². The monoisotopic (exact) mass is 209 g/mol. The van der Waals surface area contributed by atoms with Crippen LogP contribution in [0.1, 0.15) is 39.0 Å². The zero-order chi connectivity index (χ0) is 11.3. The first kappa shape index (κ1) is 12.5. The summed E-state index contributed by atoms with van der Waals surface area (Å²) in [5.41, 5.74) is -0.301. The maximum absolute atomic E-state index is 9.14. The second-order valence-electron chi connectivity index (χ2n) is 4.61. The van der Waals surface area contributed by atoms with E-state index >= 15 is 0 Å². The predicted octanol–water partition coefficient (Wildman–Crippen LogP) is 1.75. The highest BCUT2D eigenvalue weighted by atomic mass is 15.1. The van der Waals surface area contributed by atoms with Gasteiger partial charge in [0, 0.05) is 6.04 Å². The molecular formula is C12H23N3. The Balaban J connectivity index is 2.24. The first-order valence-corrected chi connectivity index (χ1v) is 5.98. The van der Waals surface area contributed by atoms with Gasteiger partial charge in [0.25, 0.3) is 0 Å². The molecule has 1 unspecified atom stereocenters. The standard InChI is InChI=1S/C12H23N3/c1-4-12(10-13,14-2)8-5-9-15(3)11-6-7-11/h11,14H,4-9H2,1-3H3. The minimum atomic E-state index is -0.301.